The predicted molar refractivity (Wildman–Crippen MR) is 161 cm³/mol. The van der Waals surface area contributed by atoms with Crippen molar-refractivity contribution < 1.29 is 23.0 Å². The van der Waals surface area contributed by atoms with E-state index >= 15 is 4.39 Å². The molecule has 0 aliphatic rings. The summed E-state index contributed by atoms with van der Waals surface area (Å²) in [6, 6.07) is 18.6. The van der Waals surface area contributed by atoms with Crippen molar-refractivity contribution in [2.24, 2.45) is 0 Å². The van der Waals surface area contributed by atoms with E-state index in [9.17, 15) is 9.18 Å². The average Bonchev–Trinajstić information content (AvgIpc) is 2.99. The highest BCUT2D eigenvalue weighted by Gasteiger charge is 2.19. The smallest absolute Gasteiger partial charge is 0.204 e. The fraction of sp³-hybridized carbons (Fsp3) is 0.121. The Bertz CT molecular complexity index is 2030. The zero-order chi connectivity index (χ0) is 30.1. The minimum Gasteiger partial charge on any atom is -0.463 e. The minimum absolute atomic E-state index is 0.00113. The van der Waals surface area contributed by atoms with Gasteiger partial charge in [-0.05, 0) is 54.1 Å². The zero-order valence-electron chi connectivity index (χ0n) is 23.4. The lowest BCUT2D eigenvalue weighted by molar-refractivity contribution is -0.134. The van der Waals surface area contributed by atoms with Gasteiger partial charge in [-0.1, -0.05) is 12.1 Å². The van der Waals surface area contributed by atoms with Crippen LogP contribution in [0.5, 0.6) is 17.2 Å². The second kappa shape index (κ2) is 11.1. The van der Waals surface area contributed by atoms with Crippen LogP contribution in [0.15, 0.2) is 96.2 Å². The molecule has 0 atom stereocenters. The van der Waals surface area contributed by atoms with Crippen molar-refractivity contribution in [2.45, 2.75) is 19.6 Å². The Labute approximate surface area is 244 Å². The molecule has 216 valence electrons. The van der Waals surface area contributed by atoms with Gasteiger partial charge in [-0.25, -0.2) is 13.8 Å². The number of aromatic amines is 1. The maximum atomic E-state index is 15.3. The monoisotopic (exact) mass is 580 g/mol. The summed E-state index contributed by atoms with van der Waals surface area (Å²) < 4.78 is 45.9. The molecule has 10 heteroatoms. The molecule has 43 heavy (non-hydrogen) atoms. The number of aromatic nitrogens is 3. The maximum Gasteiger partial charge on any atom is 0.204 e. The second-order valence-electron chi connectivity index (χ2n) is 10.2. The number of H-pyrrole nitrogens is 1. The van der Waals surface area contributed by atoms with E-state index in [0.29, 0.717) is 44.7 Å². The van der Waals surface area contributed by atoms with Crippen LogP contribution in [0.4, 0.5) is 20.3 Å². The van der Waals surface area contributed by atoms with Crippen molar-refractivity contribution >= 4 is 33.3 Å². The SMILES string of the molecule is COC(C)(C)Oc1ccc2c(Oc3ccc(Nc4nccc5[nH]cc(-c6ccc(F)cc6)c(=O)c45)cc3F)ccnc2c1. The Kier molecular flexibility index (Phi) is 7.21. The average molecular weight is 581 g/mol. The van der Waals surface area contributed by atoms with Crippen LogP contribution in [0.2, 0.25) is 0 Å². The number of fused-ring (bicyclic) bond motifs is 2. The van der Waals surface area contributed by atoms with Crippen LogP contribution in [0, 0.1) is 11.6 Å². The Morgan fingerprint density at radius 2 is 1.67 bits per heavy atom. The maximum absolute atomic E-state index is 15.3. The van der Waals surface area contributed by atoms with E-state index in [2.05, 4.69) is 20.3 Å². The summed E-state index contributed by atoms with van der Waals surface area (Å²) in [4.78, 5) is 25.3. The third-order valence-corrected chi connectivity index (χ3v) is 6.89. The first-order valence-corrected chi connectivity index (χ1v) is 13.3. The van der Waals surface area contributed by atoms with Gasteiger partial charge < -0.3 is 24.5 Å². The quantitative estimate of drug-likeness (QED) is 0.178. The minimum atomic E-state index is -0.819. The highest BCUT2D eigenvalue weighted by Crippen LogP contribution is 2.34. The molecule has 6 rings (SSSR count). The number of nitrogens with zero attached hydrogens (tertiary/aromatic N) is 2. The molecule has 0 saturated carbocycles. The van der Waals surface area contributed by atoms with Crippen LogP contribution in [-0.4, -0.2) is 27.8 Å². The molecule has 0 radical (unpaired) electrons. The number of benzene rings is 3. The van der Waals surface area contributed by atoms with Crippen LogP contribution in [0.1, 0.15) is 13.8 Å². The van der Waals surface area contributed by atoms with Gasteiger partial charge in [-0.2, -0.15) is 0 Å². The third-order valence-electron chi connectivity index (χ3n) is 6.89. The molecule has 2 N–H and O–H groups in total. The molecule has 0 aliphatic heterocycles. The van der Waals surface area contributed by atoms with E-state index in [1.807, 2.05) is 0 Å². The molecule has 0 fully saturated rings. The molecule has 0 unspecified atom stereocenters. The second-order valence-corrected chi connectivity index (χ2v) is 10.2. The fourth-order valence-electron chi connectivity index (χ4n) is 4.60. The third kappa shape index (κ3) is 5.73. The van der Waals surface area contributed by atoms with Crippen LogP contribution in [-0.2, 0) is 4.74 Å². The summed E-state index contributed by atoms with van der Waals surface area (Å²) in [6.45, 7) is 3.59. The molecular formula is C33H26F2N4O4. The molecule has 6 aromatic rings. The summed E-state index contributed by atoms with van der Waals surface area (Å²) >= 11 is 0. The lowest BCUT2D eigenvalue weighted by atomic mass is 10.0. The van der Waals surface area contributed by atoms with E-state index in [1.165, 1.54) is 42.6 Å². The molecule has 3 heterocycles. The normalized spacial score (nSPS) is 11.6. The number of rotatable bonds is 8. The summed E-state index contributed by atoms with van der Waals surface area (Å²) in [5.41, 5.74) is 2.10. The van der Waals surface area contributed by atoms with Gasteiger partial charge in [0.25, 0.3) is 0 Å². The van der Waals surface area contributed by atoms with Crippen molar-refractivity contribution in [3.8, 4) is 28.4 Å². The molecule has 3 aromatic carbocycles. The molecule has 0 aliphatic carbocycles. The first-order chi connectivity index (χ1) is 20.7. The number of ether oxygens (including phenoxy) is 3. The summed E-state index contributed by atoms with van der Waals surface area (Å²) in [7, 11) is 1.56. The summed E-state index contributed by atoms with van der Waals surface area (Å²) in [6.07, 6.45) is 4.68. The largest absolute Gasteiger partial charge is 0.463 e. The molecular weight excluding hydrogens is 554 g/mol. The standard InChI is InChI=1S/C33H26F2N4O4/c1-33(2,41-3)43-22-9-10-23-27(17-22)36-15-13-28(23)42-29-11-8-21(16-25(29)35)39-32-30-26(12-14-37-32)38-18-24(31(30)40)19-4-6-20(34)7-5-19/h4-18H,1-3H3,(H,37,39)(H,38,40). The molecule has 0 bridgehead atoms. The molecule has 3 aromatic heterocycles. The topological polar surface area (TPSA) is 98.4 Å². The number of hydrogen-bond acceptors (Lipinski definition) is 7. The van der Waals surface area contributed by atoms with Gasteiger partial charge in [-0.3, -0.25) is 9.78 Å². The van der Waals surface area contributed by atoms with Crippen LogP contribution < -0.4 is 20.2 Å². The van der Waals surface area contributed by atoms with Crippen molar-refractivity contribution in [1.82, 2.24) is 15.0 Å². The first-order valence-electron chi connectivity index (χ1n) is 13.3. The Morgan fingerprint density at radius 3 is 2.44 bits per heavy atom. The zero-order valence-corrected chi connectivity index (χ0v) is 23.4. The van der Waals surface area contributed by atoms with E-state index in [0.717, 1.165) is 0 Å². The summed E-state index contributed by atoms with van der Waals surface area (Å²) in [5, 5.41) is 4.00. The molecule has 0 spiro atoms. The van der Waals surface area contributed by atoms with Gasteiger partial charge in [0.1, 0.15) is 23.1 Å². The van der Waals surface area contributed by atoms with Gasteiger partial charge in [-0.15, -0.1) is 0 Å². The van der Waals surface area contributed by atoms with Crippen molar-refractivity contribution in [2.75, 3.05) is 12.4 Å². The van der Waals surface area contributed by atoms with Crippen LogP contribution in [0.25, 0.3) is 32.9 Å². The highest BCUT2D eigenvalue weighted by atomic mass is 19.1. The molecule has 0 amide bonds. The van der Waals surface area contributed by atoms with Gasteiger partial charge in [0.05, 0.1) is 16.4 Å². The number of anilines is 2. The number of hydrogen-bond donors (Lipinski definition) is 2. The van der Waals surface area contributed by atoms with Crippen molar-refractivity contribution in [1.29, 1.82) is 0 Å². The van der Waals surface area contributed by atoms with Crippen LogP contribution >= 0.6 is 0 Å². The first kappa shape index (κ1) is 27.8. The van der Waals surface area contributed by atoms with Gasteiger partial charge >= 0.3 is 0 Å². The van der Waals surface area contributed by atoms with Gasteiger partial charge in [0.2, 0.25) is 11.2 Å². The molecule has 8 nitrogen and oxygen atoms in total. The van der Waals surface area contributed by atoms with Crippen molar-refractivity contribution in [3.63, 3.8) is 0 Å². The van der Waals surface area contributed by atoms with Crippen LogP contribution in [0.3, 0.4) is 0 Å². The number of methoxy groups -OCH3 is 1. The molecule has 0 saturated heterocycles. The van der Waals surface area contributed by atoms with E-state index in [4.69, 9.17) is 14.2 Å². The van der Waals surface area contributed by atoms with Gasteiger partial charge in [0, 0.05) is 68.3 Å². The number of halogens is 2. The lowest BCUT2D eigenvalue weighted by Crippen LogP contribution is -2.30. The van der Waals surface area contributed by atoms with Gasteiger partial charge in [0.15, 0.2) is 11.6 Å². The number of nitrogens with one attached hydrogen (secondary N) is 2. The summed E-state index contributed by atoms with van der Waals surface area (Å²) in [5.74, 6) is -0.623. The fourth-order valence-corrected chi connectivity index (χ4v) is 4.60. The Balaban J connectivity index is 1.27. The van der Waals surface area contributed by atoms with E-state index < -0.39 is 17.4 Å². The van der Waals surface area contributed by atoms with E-state index in [-0.39, 0.29) is 22.4 Å². The van der Waals surface area contributed by atoms with E-state index in [1.54, 1.807) is 69.7 Å². The lowest BCUT2D eigenvalue weighted by Gasteiger charge is -2.24. The Hall–Kier alpha value is -5.35. The van der Waals surface area contributed by atoms with Crippen molar-refractivity contribution in [3.05, 3.63) is 113 Å². The Morgan fingerprint density at radius 1 is 0.884 bits per heavy atom. The predicted octanol–water partition coefficient (Wildman–Crippen LogP) is 7.71. The number of pyridine rings is 3. The highest BCUT2D eigenvalue weighted by molar-refractivity contribution is 5.93.